The van der Waals surface area contributed by atoms with Gasteiger partial charge >= 0.3 is 4.87 Å². The maximum absolute atomic E-state index is 9.36. The van der Waals surface area contributed by atoms with E-state index in [4.69, 9.17) is 4.42 Å². The molecule has 0 bridgehead atoms. The molecule has 0 saturated carbocycles. The van der Waals surface area contributed by atoms with Gasteiger partial charge in [-0.15, -0.1) is 0 Å². The minimum Gasteiger partial charge on any atom is -0.508 e. The van der Waals surface area contributed by atoms with Crippen molar-refractivity contribution in [2.75, 3.05) is 13.1 Å². The van der Waals surface area contributed by atoms with Crippen LogP contribution in [0.1, 0.15) is 12.8 Å². The second-order valence-corrected chi connectivity index (χ2v) is 4.79. The summed E-state index contributed by atoms with van der Waals surface area (Å²) in [5, 5.41) is 9.36. The average Bonchev–Trinajstić information content (AvgIpc) is 2.84. The van der Waals surface area contributed by atoms with E-state index in [0.29, 0.717) is 5.75 Å². The number of rotatable bonds is 0. The van der Waals surface area contributed by atoms with Crippen molar-refractivity contribution in [3.63, 3.8) is 0 Å². The number of hydrogen-bond donors (Lipinski definition) is 1. The molecule has 1 aromatic carbocycles. The Bertz CT molecular complexity index is 559. The molecule has 0 amide bonds. The van der Waals surface area contributed by atoms with Crippen molar-refractivity contribution in [1.29, 1.82) is 0 Å². The summed E-state index contributed by atoms with van der Waals surface area (Å²) in [6, 6.07) is 5.23. The van der Waals surface area contributed by atoms with Gasteiger partial charge in [-0.3, -0.25) is 0 Å². The van der Waals surface area contributed by atoms with Crippen LogP contribution in [0.3, 0.4) is 0 Å². The molecular formula is C11H12NO2S+. The molecule has 1 fully saturated rings. The zero-order valence-electron chi connectivity index (χ0n) is 8.27. The molecule has 2 heterocycles. The molecule has 0 unspecified atom stereocenters. The summed E-state index contributed by atoms with van der Waals surface area (Å²) < 4.78 is 9.02. The van der Waals surface area contributed by atoms with Gasteiger partial charge in [0.05, 0.1) is 4.70 Å². The first-order valence-electron chi connectivity index (χ1n) is 5.13. The lowest BCUT2D eigenvalue weighted by molar-refractivity contribution is 0.474. The van der Waals surface area contributed by atoms with Gasteiger partial charge in [-0.1, -0.05) is 0 Å². The predicted octanol–water partition coefficient (Wildman–Crippen LogP) is 1.77. The Labute approximate surface area is 90.9 Å². The monoisotopic (exact) mass is 222 g/mol. The minimum absolute atomic E-state index is 0.299. The molecule has 1 aliphatic rings. The molecule has 3 rings (SSSR count). The number of phenols is 1. The number of benzene rings is 1. The highest BCUT2D eigenvalue weighted by Gasteiger charge is 2.17. The highest BCUT2D eigenvalue weighted by molar-refractivity contribution is 7.16. The van der Waals surface area contributed by atoms with Gasteiger partial charge < -0.3 is 9.52 Å². The van der Waals surface area contributed by atoms with E-state index in [1.165, 1.54) is 12.8 Å². The Kier molecular flexibility index (Phi) is 2.02. The summed E-state index contributed by atoms with van der Waals surface area (Å²) in [6.45, 7) is 2.17. The quantitative estimate of drug-likeness (QED) is 0.690. The van der Waals surface area contributed by atoms with E-state index in [2.05, 4.69) is 4.58 Å². The summed E-state index contributed by atoms with van der Waals surface area (Å²) >= 11 is 1.61. The van der Waals surface area contributed by atoms with Gasteiger partial charge in [-0.25, -0.2) is 0 Å². The van der Waals surface area contributed by atoms with Crippen LogP contribution in [0.5, 0.6) is 5.75 Å². The Balaban J connectivity index is 2.26. The third-order valence-corrected chi connectivity index (χ3v) is 3.74. The first kappa shape index (κ1) is 8.97. The van der Waals surface area contributed by atoms with E-state index >= 15 is 0 Å². The predicted molar refractivity (Wildman–Crippen MR) is 60.0 cm³/mol. The van der Waals surface area contributed by atoms with Crippen LogP contribution in [0, 0.1) is 0 Å². The van der Waals surface area contributed by atoms with E-state index < -0.39 is 0 Å². The summed E-state index contributed by atoms with van der Waals surface area (Å²) in [7, 11) is 0. The lowest BCUT2D eigenvalue weighted by Crippen LogP contribution is -2.23. The standard InChI is InChI=1S/C11H11NO2S/c13-8-3-4-9-10(7-8)15-11(14-9)12-5-1-2-6-12/h3-4,7H,1-2,5-6H2/p+1. The molecular weight excluding hydrogens is 210 g/mol. The van der Waals surface area contributed by atoms with Gasteiger partial charge in [-0.05, 0) is 23.5 Å². The largest absolute Gasteiger partial charge is 0.508 e. The molecule has 0 atom stereocenters. The van der Waals surface area contributed by atoms with Crippen LogP contribution in [-0.2, 0) is 0 Å². The van der Waals surface area contributed by atoms with Gasteiger partial charge in [0.1, 0.15) is 18.8 Å². The van der Waals surface area contributed by atoms with Crippen molar-refractivity contribution in [2.24, 2.45) is 0 Å². The number of aromatic hydroxyl groups is 1. The van der Waals surface area contributed by atoms with Crippen molar-refractivity contribution in [2.45, 2.75) is 12.8 Å². The Hall–Kier alpha value is -1.29. The van der Waals surface area contributed by atoms with Crippen molar-refractivity contribution >= 4 is 21.6 Å². The average molecular weight is 222 g/mol. The van der Waals surface area contributed by atoms with Crippen LogP contribution < -0.4 is 9.44 Å². The van der Waals surface area contributed by atoms with Crippen LogP contribution in [0.25, 0.3) is 10.3 Å². The molecule has 1 N–H and O–H groups in total. The summed E-state index contributed by atoms with van der Waals surface area (Å²) in [6.07, 6.45) is 2.49. The van der Waals surface area contributed by atoms with Crippen LogP contribution in [0.15, 0.2) is 22.6 Å². The Morgan fingerprint density at radius 2 is 2.07 bits per heavy atom. The number of hydrogen-bond acceptors (Lipinski definition) is 3. The Morgan fingerprint density at radius 3 is 2.87 bits per heavy atom. The smallest absolute Gasteiger partial charge is 0.430 e. The molecule has 1 aromatic heterocycles. The molecule has 1 aliphatic heterocycles. The SMILES string of the molecule is Oc1ccc2oc(=[N+]3CCCC3)sc2c1. The molecule has 78 valence electrons. The molecule has 2 aromatic rings. The van der Waals surface area contributed by atoms with E-state index in [-0.39, 0.29) is 0 Å². The lowest BCUT2D eigenvalue weighted by atomic mass is 10.3. The van der Waals surface area contributed by atoms with Crippen LogP contribution in [0.2, 0.25) is 0 Å². The molecule has 4 heteroatoms. The number of phenolic OH excluding ortho intramolecular Hbond substituents is 1. The zero-order chi connectivity index (χ0) is 10.3. The topological polar surface area (TPSA) is 36.4 Å². The minimum atomic E-state index is 0.299. The van der Waals surface area contributed by atoms with E-state index in [1.54, 1.807) is 23.5 Å². The lowest BCUT2D eigenvalue weighted by Gasteiger charge is -1.87. The van der Waals surface area contributed by atoms with Crippen molar-refractivity contribution in [1.82, 2.24) is 4.58 Å². The molecule has 15 heavy (non-hydrogen) atoms. The summed E-state index contributed by atoms with van der Waals surface area (Å²) in [5.74, 6) is 0.299. The maximum Gasteiger partial charge on any atom is 0.430 e. The Morgan fingerprint density at radius 1 is 1.27 bits per heavy atom. The van der Waals surface area contributed by atoms with Crippen molar-refractivity contribution < 1.29 is 9.52 Å². The maximum atomic E-state index is 9.36. The number of fused-ring (bicyclic) bond motifs is 1. The second-order valence-electron chi connectivity index (χ2n) is 3.80. The van der Waals surface area contributed by atoms with Gasteiger partial charge in [0.25, 0.3) is 0 Å². The normalized spacial score (nSPS) is 16.4. The molecule has 0 spiro atoms. The van der Waals surface area contributed by atoms with Gasteiger partial charge in [0.15, 0.2) is 5.58 Å². The van der Waals surface area contributed by atoms with Crippen molar-refractivity contribution in [3.8, 4) is 5.75 Å². The highest BCUT2D eigenvalue weighted by atomic mass is 32.1. The van der Waals surface area contributed by atoms with Crippen LogP contribution in [-0.4, -0.2) is 18.2 Å². The summed E-state index contributed by atoms with van der Waals surface area (Å²) in [5.41, 5.74) is 0.861. The third-order valence-electron chi connectivity index (χ3n) is 2.69. The van der Waals surface area contributed by atoms with Crippen LogP contribution >= 0.6 is 11.3 Å². The highest BCUT2D eigenvalue weighted by Crippen LogP contribution is 2.21. The first-order chi connectivity index (χ1) is 7.33. The fraction of sp³-hybridized carbons (Fsp3) is 0.364. The van der Waals surface area contributed by atoms with E-state index in [1.807, 2.05) is 6.07 Å². The van der Waals surface area contributed by atoms with Crippen LogP contribution in [0.4, 0.5) is 0 Å². The van der Waals surface area contributed by atoms with Gasteiger partial charge in [0.2, 0.25) is 0 Å². The van der Waals surface area contributed by atoms with Gasteiger partial charge in [0, 0.05) is 18.9 Å². The van der Waals surface area contributed by atoms with E-state index in [9.17, 15) is 5.11 Å². The fourth-order valence-electron chi connectivity index (χ4n) is 1.90. The molecule has 0 radical (unpaired) electrons. The summed E-state index contributed by atoms with van der Waals surface area (Å²) in [4.78, 5) is 0.966. The number of nitrogens with zero attached hydrogens (tertiary/aromatic N) is 1. The second kappa shape index (κ2) is 3.38. The molecule has 0 aliphatic carbocycles. The van der Waals surface area contributed by atoms with E-state index in [0.717, 1.165) is 28.2 Å². The third kappa shape index (κ3) is 1.55. The molecule has 3 nitrogen and oxygen atoms in total. The van der Waals surface area contributed by atoms with Gasteiger partial charge in [-0.2, -0.15) is 4.58 Å². The fourth-order valence-corrected chi connectivity index (χ4v) is 2.92. The molecule has 1 saturated heterocycles. The first-order valence-corrected chi connectivity index (χ1v) is 5.95. The zero-order valence-corrected chi connectivity index (χ0v) is 9.09. The van der Waals surface area contributed by atoms with Crippen molar-refractivity contribution in [3.05, 3.63) is 23.1 Å².